The van der Waals surface area contributed by atoms with Crippen LogP contribution in [0.15, 0.2) is 12.1 Å². The van der Waals surface area contributed by atoms with Crippen molar-refractivity contribution in [3.05, 3.63) is 45.1 Å². The molecule has 1 aliphatic carbocycles. The molecule has 0 fully saturated rings. The fourth-order valence-electron chi connectivity index (χ4n) is 3.08. The number of pyridine rings is 1. The Labute approximate surface area is 140 Å². The van der Waals surface area contributed by atoms with Gasteiger partial charge >= 0.3 is 0 Å². The highest BCUT2D eigenvalue weighted by atomic mass is 32.1. The molecular weight excluding hydrogens is 306 g/mol. The van der Waals surface area contributed by atoms with Crippen LogP contribution in [-0.2, 0) is 12.8 Å². The average molecular weight is 325 g/mol. The Morgan fingerprint density at radius 2 is 2.22 bits per heavy atom. The van der Waals surface area contributed by atoms with Gasteiger partial charge in [-0.15, -0.1) is 11.3 Å². The van der Waals surface area contributed by atoms with E-state index >= 15 is 0 Å². The third-order valence-corrected chi connectivity index (χ3v) is 5.35. The van der Waals surface area contributed by atoms with E-state index in [9.17, 15) is 10.1 Å². The van der Waals surface area contributed by atoms with Gasteiger partial charge < -0.3 is 5.32 Å². The van der Waals surface area contributed by atoms with Gasteiger partial charge in [0.1, 0.15) is 16.8 Å². The van der Waals surface area contributed by atoms with Gasteiger partial charge in [0.2, 0.25) is 0 Å². The lowest BCUT2D eigenvalue weighted by molar-refractivity contribution is 0.102. The number of nitriles is 1. The van der Waals surface area contributed by atoms with Crippen molar-refractivity contribution in [2.24, 2.45) is 5.92 Å². The smallest absolute Gasteiger partial charge is 0.274 e. The van der Waals surface area contributed by atoms with Crippen molar-refractivity contribution < 1.29 is 4.79 Å². The Balaban J connectivity index is 1.91. The lowest BCUT2D eigenvalue weighted by atomic mass is 9.88. The van der Waals surface area contributed by atoms with E-state index in [1.54, 1.807) is 6.07 Å². The molecule has 0 saturated carbocycles. The molecule has 1 amide bonds. The molecular formula is C18H19N3OS. The van der Waals surface area contributed by atoms with Crippen molar-refractivity contribution in [1.29, 1.82) is 5.26 Å². The van der Waals surface area contributed by atoms with E-state index in [-0.39, 0.29) is 5.91 Å². The molecule has 118 valence electrons. The Bertz CT molecular complexity index is 796. The molecule has 2 aromatic rings. The van der Waals surface area contributed by atoms with Crippen molar-refractivity contribution in [3.63, 3.8) is 0 Å². The number of nitrogens with one attached hydrogen (secondary N) is 1. The second-order valence-corrected chi connectivity index (χ2v) is 7.40. The molecule has 2 aromatic heterocycles. The second-order valence-electron chi connectivity index (χ2n) is 6.29. The topological polar surface area (TPSA) is 65.8 Å². The largest absolute Gasteiger partial charge is 0.311 e. The van der Waals surface area contributed by atoms with Gasteiger partial charge in [-0.25, -0.2) is 4.98 Å². The minimum absolute atomic E-state index is 0.250. The predicted molar refractivity (Wildman–Crippen MR) is 91.9 cm³/mol. The molecule has 1 unspecified atom stereocenters. The maximum absolute atomic E-state index is 12.5. The molecule has 23 heavy (non-hydrogen) atoms. The van der Waals surface area contributed by atoms with Crippen LogP contribution in [0.1, 0.15) is 51.1 Å². The van der Waals surface area contributed by atoms with Crippen molar-refractivity contribution in [3.8, 4) is 6.07 Å². The molecule has 1 atom stereocenters. The van der Waals surface area contributed by atoms with Crippen molar-refractivity contribution >= 4 is 22.2 Å². The molecule has 0 aliphatic heterocycles. The Morgan fingerprint density at radius 3 is 2.91 bits per heavy atom. The highest BCUT2D eigenvalue weighted by Crippen LogP contribution is 2.39. The van der Waals surface area contributed by atoms with Crippen LogP contribution in [0.4, 0.5) is 5.00 Å². The minimum Gasteiger partial charge on any atom is -0.311 e. The second kappa shape index (κ2) is 6.13. The van der Waals surface area contributed by atoms with Gasteiger partial charge in [-0.05, 0) is 62.3 Å². The maximum Gasteiger partial charge on any atom is 0.274 e. The number of thiophene rings is 1. The predicted octanol–water partition coefficient (Wildman–Crippen LogP) is 4.01. The molecule has 0 saturated heterocycles. The molecule has 1 N–H and O–H groups in total. The van der Waals surface area contributed by atoms with Gasteiger partial charge in [0.25, 0.3) is 5.91 Å². The summed E-state index contributed by atoms with van der Waals surface area (Å²) in [5.74, 6) is 0.386. The molecule has 0 radical (unpaired) electrons. The van der Waals surface area contributed by atoms with Crippen LogP contribution in [0.3, 0.4) is 0 Å². The summed E-state index contributed by atoms with van der Waals surface area (Å²) in [6.07, 6.45) is 3.02. The summed E-state index contributed by atoms with van der Waals surface area (Å²) in [6.45, 7) is 6.04. The van der Waals surface area contributed by atoms with E-state index in [0.29, 0.717) is 22.2 Å². The zero-order valence-corrected chi connectivity index (χ0v) is 14.4. The van der Waals surface area contributed by atoms with Crippen LogP contribution in [0.2, 0.25) is 0 Å². The van der Waals surface area contributed by atoms with Gasteiger partial charge in [-0.2, -0.15) is 5.26 Å². The number of fused-ring (bicyclic) bond motifs is 1. The molecule has 5 heteroatoms. The summed E-state index contributed by atoms with van der Waals surface area (Å²) in [5.41, 5.74) is 3.97. The Kier molecular flexibility index (Phi) is 4.18. The number of amides is 1. The number of carbonyl (C=O) groups is 1. The quantitative estimate of drug-likeness (QED) is 0.907. The van der Waals surface area contributed by atoms with Crippen LogP contribution >= 0.6 is 11.3 Å². The number of rotatable bonds is 2. The number of carbonyl (C=O) groups excluding carboxylic acids is 1. The first-order valence-corrected chi connectivity index (χ1v) is 8.61. The third-order valence-electron chi connectivity index (χ3n) is 4.18. The zero-order chi connectivity index (χ0) is 16.6. The Morgan fingerprint density at radius 1 is 1.43 bits per heavy atom. The molecule has 2 heterocycles. The first kappa shape index (κ1) is 15.7. The molecule has 4 nitrogen and oxygen atoms in total. The van der Waals surface area contributed by atoms with Crippen molar-refractivity contribution in [1.82, 2.24) is 4.98 Å². The molecule has 1 aliphatic rings. The van der Waals surface area contributed by atoms with Crippen molar-refractivity contribution in [2.45, 2.75) is 40.0 Å². The fourth-order valence-corrected chi connectivity index (χ4v) is 4.44. The Hall–Kier alpha value is -2.19. The lowest BCUT2D eigenvalue weighted by Gasteiger charge is -2.17. The third kappa shape index (κ3) is 3.13. The summed E-state index contributed by atoms with van der Waals surface area (Å²) in [5, 5.41) is 13.1. The van der Waals surface area contributed by atoms with Crippen LogP contribution in [-0.4, -0.2) is 10.9 Å². The number of hydrogen-bond acceptors (Lipinski definition) is 4. The molecule has 0 aromatic carbocycles. The van der Waals surface area contributed by atoms with Crippen LogP contribution in [0.25, 0.3) is 0 Å². The van der Waals surface area contributed by atoms with Crippen molar-refractivity contribution in [2.75, 3.05) is 5.32 Å². The van der Waals surface area contributed by atoms with Crippen LogP contribution < -0.4 is 5.32 Å². The van der Waals surface area contributed by atoms with E-state index in [1.807, 2.05) is 19.9 Å². The first-order valence-electron chi connectivity index (χ1n) is 7.79. The lowest BCUT2D eigenvalue weighted by Crippen LogP contribution is -2.14. The van der Waals surface area contributed by atoms with Crippen LogP contribution in [0.5, 0.6) is 0 Å². The molecule has 0 bridgehead atoms. The highest BCUT2D eigenvalue weighted by Gasteiger charge is 2.25. The summed E-state index contributed by atoms with van der Waals surface area (Å²) in [4.78, 5) is 18.0. The van der Waals surface area contributed by atoms with Gasteiger partial charge in [-0.1, -0.05) is 6.92 Å². The van der Waals surface area contributed by atoms with E-state index in [0.717, 1.165) is 36.1 Å². The average Bonchev–Trinajstić information content (AvgIpc) is 2.82. The molecule has 3 rings (SSSR count). The fraction of sp³-hybridized carbons (Fsp3) is 0.389. The van der Waals surface area contributed by atoms with E-state index in [2.05, 4.69) is 23.3 Å². The maximum atomic E-state index is 12.5. The standard InChI is InChI=1S/C18H19N3OS/c1-10-4-5-13-14(9-19)18(23-16(13)8-10)21-17(22)15-7-11(2)6-12(3)20-15/h6-7,10H,4-5,8H2,1-3H3,(H,21,22). The number of aromatic nitrogens is 1. The van der Waals surface area contributed by atoms with E-state index in [4.69, 9.17) is 0 Å². The summed E-state index contributed by atoms with van der Waals surface area (Å²) in [6, 6.07) is 5.97. The SMILES string of the molecule is Cc1cc(C)nc(C(=O)Nc2sc3c(c2C#N)CCC(C)C3)c1. The normalized spacial score (nSPS) is 16.5. The zero-order valence-electron chi connectivity index (χ0n) is 13.6. The molecule has 0 spiro atoms. The van der Waals surface area contributed by atoms with Crippen LogP contribution in [0, 0.1) is 31.1 Å². The van der Waals surface area contributed by atoms with Gasteiger partial charge in [0.05, 0.1) is 5.56 Å². The first-order chi connectivity index (χ1) is 11.0. The number of nitrogens with zero attached hydrogens (tertiary/aromatic N) is 2. The monoisotopic (exact) mass is 325 g/mol. The number of aryl methyl sites for hydroxylation is 2. The van der Waals surface area contributed by atoms with Gasteiger partial charge in [-0.3, -0.25) is 4.79 Å². The summed E-state index contributed by atoms with van der Waals surface area (Å²) < 4.78 is 0. The van der Waals surface area contributed by atoms with Gasteiger partial charge in [0, 0.05) is 10.6 Å². The number of hydrogen-bond donors (Lipinski definition) is 1. The summed E-state index contributed by atoms with van der Waals surface area (Å²) in [7, 11) is 0. The minimum atomic E-state index is -0.250. The van der Waals surface area contributed by atoms with E-state index in [1.165, 1.54) is 16.2 Å². The number of anilines is 1. The highest BCUT2D eigenvalue weighted by molar-refractivity contribution is 7.16. The summed E-state index contributed by atoms with van der Waals surface area (Å²) >= 11 is 1.54. The van der Waals surface area contributed by atoms with Gasteiger partial charge in [0.15, 0.2) is 0 Å². The van der Waals surface area contributed by atoms with E-state index < -0.39 is 0 Å².